The van der Waals surface area contributed by atoms with Gasteiger partial charge in [-0.2, -0.15) is 0 Å². The smallest absolute Gasteiger partial charge is 0.144 e. The van der Waals surface area contributed by atoms with Gasteiger partial charge in [-0.15, -0.1) is 0 Å². The van der Waals surface area contributed by atoms with Crippen LogP contribution in [0.1, 0.15) is 5.82 Å². The highest BCUT2D eigenvalue weighted by atomic mass is 16.5. The van der Waals surface area contributed by atoms with E-state index in [2.05, 4.69) is 20.9 Å². The van der Waals surface area contributed by atoms with Gasteiger partial charge in [0.25, 0.3) is 0 Å². The fraction of sp³-hybridized carbons (Fsp3) is 0.385. The second-order valence-electron chi connectivity index (χ2n) is 4.28. The summed E-state index contributed by atoms with van der Waals surface area (Å²) in [6, 6.07) is 8.05. The van der Waals surface area contributed by atoms with Gasteiger partial charge in [-0.05, 0) is 12.1 Å². The van der Waals surface area contributed by atoms with E-state index in [9.17, 15) is 0 Å². The maximum Gasteiger partial charge on any atom is 0.144 e. The maximum absolute atomic E-state index is 5.67. The minimum atomic E-state index is 0.363. The van der Waals surface area contributed by atoms with E-state index in [4.69, 9.17) is 10.5 Å². The Bertz CT molecular complexity index is 552. The molecule has 0 amide bonds. The lowest BCUT2D eigenvalue weighted by Gasteiger charge is -2.28. The molecule has 94 valence electrons. The lowest BCUT2D eigenvalue weighted by molar-refractivity contribution is 0.122. The Balaban J connectivity index is 2.12. The van der Waals surface area contributed by atoms with Crippen LogP contribution in [-0.2, 0) is 11.3 Å². The van der Waals surface area contributed by atoms with Crippen molar-refractivity contribution in [2.24, 2.45) is 5.73 Å². The second kappa shape index (κ2) is 4.88. The summed E-state index contributed by atoms with van der Waals surface area (Å²) in [5.74, 6) is 1.67. The molecule has 0 bridgehead atoms. The van der Waals surface area contributed by atoms with Crippen LogP contribution in [0.25, 0.3) is 10.9 Å². The Morgan fingerprint density at radius 2 is 1.94 bits per heavy atom. The summed E-state index contributed by atoms with van der Waals surface area (Å²) in [4.78, 5) is 11.3. The van der Waals surface area contributed by atoms with Gasteiger partial charge in [0.05, 0.1) is 25.3 Å². The monoisotopic (exact) mass is 244 g/mol. The number of rotatable bonds is 2. The molecule has 18 heavy (non-hydrogen) atoms. The molecule has 5 nitrogen and oxygen atoms in total. The van der Waals surface area contributed by atoms with Crippen molar-refractivity contribution < 1.29 is 4.74 Å². The van der Waals surface area contributed by atoms with Crippen LogP contribution in [0.4, 0.5) is 5.82 Å². The summed E-state index contributed by atoms with van der Waals surface area (Å²) in [6.45, 7) is 3.59. The first-order chi connectivity index (χ1) is 8.88. The minimum Gasteiger partial charge on any atom is -0.378 e. The summed E-state index contributed by atoms with van der Waals surface area (Å²) in [6.07, 6.45) is 0. The Morgan fingerprint density at radius 1 is 1.17 bits per heavy atom. The molecule has 3 rings (SSSR count). The van der Waals surface area contributed by atoms with E-state index in [-0.39, 0.29) is 0 Å². The second-order valence-corrected chi connectivity index (χ2v) is 4.28. The number of ether oxygens (including phenoxy) is 1. The van der Waals surface area contributed by atoms with Crippen LogP contribution in [0.3, 0.4) is 0 Å². The van der Waals surface area contributed by atoms with Crippen LogP contribution >= 0.6 is 0 Å². The molecule has 1 saturated heterocycles. The first-order valence-corrected chi connectivity index (χ1v) is 6.17. The molecule has 0 aliphatic carbocycles. The van der Waals surface area contributed by atoms with Crippen molar-refractivity contribution in [3.05, 3.63) is 30.1 Å². The summed E-state index contributed by atoms with van der Waals surface area (Å²) >= 11 is 0. The number of morpholine rings is 1. The Morgan fingerprint density at radius 3 is 2.72 bits per heavy atom. The predicted octanol–water partition coefficient (Wildman–Crippen LogP) is 0.925. The Hall–Kier alpha value is -1.72. The van der Waals surface area contributed by atoms with Crippen LogP contribution in [-0.4, -0.2) is 36.3 Å². The lowest BCUT2D eigenvalue weighted by atomic mass is 10.2. The standard InChI is InChI=1S/C13H16N4O/c14-9-12-15-11-4-2-1-3-10(11)13(16-12)17-5-7-18-8-6-17/h1-4H,5-9,14H2. The molecule has 2 aromatic rings. The van der Waals surface area contributed by atoms with E-state index in [0.29, 0.717) is 12.4 Å². The van der Waals surface area contributed by atoms with Crippen molar-refractivity contribution in [1.29, 1.82) is 0 Å². The van der Waals surface area contributed by atoms with Crippen molar-refractivity contribution in [2.45, 2.75) is 6.54 Å². The Labute approximate surface area is 106 Å². The van der Waals surface area contributed by atoms with Crippen molar-refractivity contribution in [3.63, 3.8) is 0 Å². The van der Waals surface area contributed by atoms with Gasteiger partial charge >= 0.3 is 0 Å². The molecule has 2 heterocycles. The zero-order valence-electron chi connectivity index (χ0n) is 10.2. The summed E-state index contributed by atoms with van der Waals surface area (Å²) in [7, 11) is 0. The largest absolute Gasteiger partial charge is 0.378 e. The fourth-order valence-electron chi connectivity index (χ4n) is 2.21. The number of hydrogen-bond acceptors (Lipinski definition) is 5. The topological polar surface area (TPSA) is 64.3 Å². The van der Waals surface area contributed by atoms with Crippen molar-refractivity contribution in [1.82, 2.24) is 9.97 Å². The number of aromatic nitrogens is 2. The zero-order valence-corrected chi connectivity index (χ0v) is 10.2. The van der Waals surface area contributed by atoms with Gasteiger partial charge in [0.15, 0.2) is 0 Å². The molecule has 0 unspecified atom stereocenters. The summed E-state index contributed by atoms with van der Waals surface area (Å²) in [5.41, 5.74) is 6.62. The number of nitrogens with zero attached hydrogens (tertiary/aromatic N) is 3. The molecule has 0 saturated carbocycles. The van der Waals surface area contributed by atoms with Crippen molar-refractivity contribution >= 4 is 16.7 Å². The quantitative estimate of drug-likeness (QED) is 0.851. The average Bonchev–Trinajstić information content (AvgIpc) is 2.47. The molecule has 0 spiro atoms. The molecule has 1 fully saturated rings. The average molecular weight is 244 g/mol. The molecular formula is C13H16N4O. The van der Waals surface area contributed by atoms with E-state index in [1.165, 1.54) is 0 Å². The molecule has 5 heteroatoms. The van der Waals surface area contributed by atoms with Gasteiger partial charge in [0.1, 0.15) is 11.6 Å². The molecule has 1 aromatic carbocycles. The van der Waals surface area contributed by atoms with E-state index in [1.807, 2.05) is 18.2 Å². The van der Waals surface area contributed by atoms with Crippen LogP contribution in [0, 0.1) is 0 Å². The lowest BCUT2D eigenvalue weighted by Crippen LogP contribution is -2.37. The summed E-state index contributed by atoms with van der Waals surface area (Å²) < 4.78 is 5.38. The number of benzene rings is 1. The van der Waals surface area contributed by atoms with E-state index < -0.39 is 0 Å². The number of para-hydroxylation sites is 1. The molecule has 0 atom stereocenters. The van der Waals surface area contributed by atoms with Crippen molar-refractivity contribution in [3.8, 4) is 0 Å². The highest BCUT2D eigenvalue weighted by Gasteiger charge is 2.16. The molecule has 0 radical (unpaired) electrons. The Kier molecular flexibility index (Phi) is 3.08. The van der Waals surface area contributed by atoms with Gasteiger partial charge in [-0.25, -0.2) is 9.97 Å². The number of anilines is 1. The van der Waals surface area contributed by atoms with E-state index in [0.717, 1.165) is 43.0 Å². The van der Waals surface area contributed by atoms with Gasteiger partial charge in [0, 0.05) is 18.5 Å². The highest BCUT2D eigenvalue weighted by molar-refractivity contribution is 5.89. The van der Waals surface area contributed by atoms with E-state index >= 15 is 0 Å². The number of nitrogens with two attached hydrogens (primary N) is 1. The van der Waals surface area contributed by atoms with Gasteiger partial charge in [0.2, 0.25) is 0 Å². The molecule has 1 aliphatic heterocycles. The zero-order chi connectivity index (χ0) is 12.4. The fourth-order valence-corrected chi connectivity index (χ4v) is 2.21. The molecule has 1 aromatic heterocycles. The normalized spacial score (nSPS) is 16.2. The predicted molar refractivity (Wildman–Crippen MR) is 70.5 cm³/mol. The highest BCUT2D eigenvalue weighted by Crippen LogP contribution is 2.24. The minimum absolute atomic E-state index is 0.363. The summed E-state index contributed by atoms with van der Waals surface area (Å²) in [5, 5.41) is 1.08. The van der Waals surface area contributed by atoms with Gasteiger partial charge < -0.3 is 15.4 Å². The van der Waals surface area contributed by atoms with Crippen LogP contribution < -0.4 is 10.6 Å². The SMILES string of the molecule is NCc1nc(N2CCOCC2)c2ccccc2n1. The van der Waals surface area contributed by atoms with E-state index in [1.54, 1.807) is 0 Å². The third-order valence-corrected chi connectivity index (χ3v) is 3.12. The first-order valence-electron chi connectivity index (χ1n) is 6.17. The van der Waals surface area contributed by atoms with Crippen LogP contribution in [0.2, 0.25) is 0 Å². The number of hydrogen-bond donors (Lipinski definition) is 1. The van der Waals surface area contributed by atoms with Gasteiger partial charge in [-0.1, -0.05) is 12.1 Å². The first kappa shape index (κ1) is 11.4. The third-order valence-electron chi connectivity index (χ3n) is 3.12. The third kappa shape index (κ3) is 2.02. The maximum atomic E-state index is 5.67. The van der Waals surface area contributed by atoms with Gasteiger partial charge in [-0.3, -0.25) is 0 Å². The van der Waals surface area contributed by atoms with Crippen LogP contribution in [0.5, 0.6) is 0 Å². The molecular weight excluding hydrogens is 228 g/mol. The van der Waals surface area contributed by atoms with Crippen LogP contribution in [0.15, 0.2) is 24.3 Å². The number of fused-ring (bicyclic) bond motifs is 1. The molecule has 1 aliphatic rings. The molecule has 2 N–H and O–H groups in total. The van der Waals surface area contributed by atoms with Crippen molar-refractivity contribution in [2.75, 3.05) is 31.2 Å².